The molecular formula is C12H8BrClF3N3O2S. The summed E-state index contributed by atoms with van der Waals surface area (Å²) < 4.78 is 62.1. The zero-order valence-electron chi connectivity index (χ0n) is 11.0. The van der Waals surface area contributed by atoms with Crippen LogP contribution in [0.5, 0.6) is 0 Å². The number of nitrogens with one attached hydrogen (secondary N) is 2. The number of pyridine rings is 1. The Bertz CT molecular complexity index is 831. The Morgan fingerprint density at radius 1 is 1.22 bits per heavy atom. The SMILES string of the molecule is O=S(=O)(NNc1ncc(C(F)(F)F)cc1Cl)c1ccccc1Br. The number of hydrazine groups is 1. The lowest BCUT2D eigenvalue weighted by molar-refractivity contribution is -0.137. The highest BCUT2D eigenvalue weighted by Crippen LogP contribution is 2.32. The quantitative estimate of drug-likeness (QED) is 0.724. The molecule has 0 unspecified atom stereocenters. The van der Waals surface area contributed by atoms with Crippen LogP contribution in [0.15, 0.2) is 45.9 Å². The molecule has 23 heavy (non-hydrogen) atoms. The van der Waals surface area contributed by atoms with E-state index in [2.05, 4.69) is 26.3 Å². The molecule has 0 saturated heterocycles. The molecule has 2 N–H and O–H groups in total. The van der Waals surface area contributed by atoms with Crippen LogP contribution in [0.2, 0.25) is 5.02 Å². The number of nitrogens with zero attached hydrogens (tertiary/aromatic N) is 1. The lowest BCUT2D eigenvalue weighted by atomic mass is 10.3. The van der Waals surface area contributed by atoms with Gasteiger partial charge in [-0.3, -0.25) is 5.43 Å². The van der Waals surface area contributed by atoms with Crippen molar-refractivity contribution in [2.75, 3.05) is 5.43 Å². The molecule has 11 heteroatoms. The van der Waals surface area contributed by atoms with Crippen molar-refractivity contribution in [3.63, 3.8) is 0 Å². The first-order chi connectivity index (χ1) is 10.6. The van der Waals surface area contributed by atoms with Crippen molar-refractivity contribution in [2.45, 2.75) is 11.1 Å². The maximum Gasteiger partial charge on any atom is 0.417 e. The number of rotatable bonds is 4. The van der Waals surface area contributed by atoms with Gasteiger partial charge in [-0.2, -0.15) is 13.2 Å². The topological polar surface area (TPSA) is 71.1 Å². The van der Waals surface area contributed by atoms with E-state index in [0.29, 0.717) is 16.7 Å². The van der Waals surface area contributed by atoms with E-state index in [0.717, 1.165) is 0 Å². The number of halogens is 5. The number of hydrogen-bond acceptors (Lipinski definition) is 4. The zero-order valence-corrected chi connectivity index (χ0v) is 14.2. The molecule has 1 heterocycles. The number of alkyl halides is 3. The van der Waals surface area contributed by atoms with Crippen LogP contribution in [-0.2, 0) is 16.2 Å². The van der Waals surface area contributed by atoms with Crippen molar-refractivity contribution in [3.05, 3.63) is 51.6 Å². The summed E-state index contributed by atoms with van der Waals surface area (Å²) in [6, 6.07) is 6.66. The van der Waals surface area contributed by atoms with Crippen molar-refractivity contribution >= 4 is 43.4 Å². The second kappa shape index (κ2) is 6.63. The van der Waals surface area contributed by atoms with Crippen LogP contribution in [0.25, 0.3) is 0 Å². The molecule has 0 saturated carbocycles. The third-order valence-corrected chi connectivity index (χ3v) is 5.15. The summed E-state index contributed by atoms with van der Waals surface area (Å²) in [5, 5.41) is -0.380. The Labute approximate surface area is 143 Å². The number of hydrogen-bond donors (Lipinski definition) is 2. The van der Waals surface area contributed by atoms with E-state index in [1.54, 1.807) is 6.07 Å². The van der Waals surface area contributed by atoms with Crippen molar-refractivity contribution < 1.29 is 21.6 Å². The molecule has 2 aromatic rings. The van der Waals surface area contributed by atoms with Gasteiger partial charge in [0.2, 0.25) is 0 Å². The minimum Gasteiger partial charge on any atom is -0.291 e. The summed E-state index contributed by atoms with van der Waals surface area (Å²) in [5.74, 6) is -0.254. The fourth-order valence-corrected chi connectivity index (χ4v) is 3.58. The highest BCUT2D eigenvalue weighted by Gasteiger charge is 2.31. The van der Waals surface area contributed by atoms with Crippen molar-refractivity contribution in [3.8, 4) is 0 Å². The molecule has 2 rings (SSSR count). The first-order valence-electron chi connectivity index (χ1n) is 5.86. The number of anilines is 1. The molecule has 0 aliphatic heterocycles. The highest BCUT2D eigenvalue weighted by atomic mass is 79.9. The highest BCUT2D eigenvalue weighted by molar-refractivity contribution is 9.10. The Hall–Kier alpha value is -1.36. The average Bonchev–Trinajstić information content (AvgIpc) is 2.45. The van der Waals surface area contributed by atoms with Gasteiger partial charge in [-0.1, -0.05) is 23.7 Å². The van der Waals surface area contributed by atoms with E-state index >= 15 is 0 Å². The predicted molar refractivity (Wildman–Crippen MR) is 82.3 cm³/mol. The second-order valence-corrected chi connectivity index (χ2v) is 7.13. The third kappa shape index (κ3) is 4.34. The maximum absolute atomic E-state index is 12.5. The molecule has 0 fully saturated rings. The van der Waals surface area contributed by atoms with Crippen LogP contribution < -0.4 is 10.3 Å². The normalized spacial score (nSPS) is 12.2. The van der Waals surface area contributed by atoms with Gasteiger partial charge in [-0.05, 0) is 34.1 Å². The lowest BCUT2D eigenvalue weighted by Crippen LogP contribution is -2.30. The molecular weight excluding hydrogens is 423 g/mol. The third-order valence-electron chi connectivity index (χ3n) is 2.60. The standard InChI is InChI=1S/C12H8BrClF3N3O2S/c13-8-3-1-2-4-10(8)23(21,22)20-19-11-9(14)5-7(6-18-11)12(15,16)17/h1-6,20H,(H,18,19). The van der Waals surface area contributed by atoms with Gasteiger partial charge in [0.1, 0.15) is 0 Å². The van der Waals surface area contributed by atoms with Crippen LogP contribution in [-0.4, -0.2) is 13.4 Å². The molecule has 0 aliphatic carbocycles. The molecule has 5 nitrogen and oxygen atoms in total. The molecule has 0 atom stereocenters. The van der Waals surface area contributed by atoms with E-state index in [1.807, 2.05) is 4.83 Å². The molecule has 1 aromatic heterocycles. The summed E-state index contributed by atoms with van der Waals surface area (Å²) in [6.45, 7) is 0. The van der Waals surface area contributed by atoms with Crippen molar-refractivity contribution in [1.82, 2.24) is 9.82 Å². The maximum atomic E-state index is 12.5. The summed E-state index contributed by atoms with van der Waals surface area (Å²) in [5.41, 5.74) is 1.15. The molecule has 0 radical (unpaired) electrons. The Kier molecular flexibility index (Phi) is 5.19. The van der Waals surface area contributed by atoms with Gasteiger partial charge in [-0.25, -0.2) is 13.4 Å². The van der Waals surface area contributed by atoms with Gasteiger partial charge >= 0.3 is 6.18 Å². The van der Waals surface area contributed by atoms with Gasteiger partial charge in [0, 0.05) is 10.7 Å². The van der Waals surface area contributed by atoms with Crippen LogP contribution in [0.3, 0.4) is 0 Å². The summed E-state index contributed by atoms with van der Waals surface area (Å²) in [6.07, 6.45) is -4.05. The number of aromatic nitrogens is 1. The van der Waals surface area contributed by atoms with E-state index in [-0.39, 0.29) is 15.7 Å². The van der Waals surface area contributed by atoms with E-state index in [9.17, 15) is 21.6 Å². The number of benzene rings is 1. The first-order valence-corrected chi connectivity index (χ1v) is 8.52. The molecule has 1 aromatic carbocycles. The van der Waals surface area contributed by atoms with E-state index < -0.39 is 21.8 Å². The van der Waals surface area contributed by atoms with Crippen molar-refractivity contribution in [2.24, 2.45) is 0 Å². The minimum atomic E-state index is -4.59. The first kappa shape index (κ1) is 18.0. The zero-order chi connectivity index (χ0) is 17.3. The predicted octanol–water partition coefficient (Wildman–Crippen LogP) is 3.82. The summed E-state index contributed by atoms with van der Waals surface area (Å²) >= 11 is 8.76. The molecule has 0 amide bonds. The smallest absolute Gasteiger partial charge is 0.291 e. The van der Waals surface area contributed by atoms with Crippen LogP contribution in [0, 0.1) is 0 Å². The van der Waals surface area contributed by atoms with Gasteiger partial charge in [0.15, 0.2) is 5.82 Å². The fraction of sp³-hybridized carbons (Fsp3) is 0.0833. The Morgan fingerprint density at radius 2 is 1.87 bits per heavy atom. The van der Waals surface area contributed by atoms with Crippen LogP contribution in [0.1, 0.15) is 5.56 Å². The molecule has 0 spiro atoms. The second-order valence-electron chi connectivity index (χ2n) is 4.21. The molecule has 0 aliphatic rings. The van der Waals surface area contributed by atoms with E-state index in [1.165, 1.54) is 18.2 Å². The van der Waals surface area contributed by atoms with E-state index in [4.69, 9.17) is 11.6 Å². The molecule has 0 bridgehead atoms. The summed E-state index contributed by atoms with van der Waals surface area (Å²) in [4.78, 5) is 5.40. The van der Waals surface area contributed by atoms with Gasteiger partial charge in [-0.15, -0.1) is 4.83 Å². The lowest BCUT2D eigenvalue weighted by Gasteiger charge is -2.12. The summed E-state index contributed by atoms with van der Waals surface area (Å²) in [7, 11) is -3.97. The Morgan fingerprint density at radius 3 is 2.43 bits per heavy atom. The van der Waals surface area contributed by atoms with Crippen LogP contribution in [0.4, 0.5) is 19.0 Å². The van der Waals surface area contributed by atoms with Crippen molar-refractivity contribution in [1.29, 1.82) is 0 Å². The van der Waals surface area contributed by atoms with Gasteiger partial charge in [0.25, 0.3) is 10.0 Å². The van der Waals surface area contributed by atoms with Crippen LogP contribution >= 0.6 is 27.5 Å². The average molecular weight is 431 g/mol. The Balaban J connectivity index is 2.20. The van der Waals surface area contributed by atoms with Gasteiger partial charge in [0.05, 0.1) is 15.5 Å². The fourth-order valence-electron chi connectivity index (χ4n) is 1.52. The minimum absolute atomic E-state index is 0.0597. The molecule has 124 valence electrons. The van der Waals surface area contributed by atoms with Gasteiger partial charge < -0.3 is 0 Å². The monoisotopic (exact) mass is 429 g/mol. The largest absolute Gasteiger partial charge is 0.417 e. The number of sulfonamides is 1.